The van der Waals surface area contributed by atoms with Gasteiger partial charge in [0.25, 0.3) is 14.9 Å². The normalized spacial score (nSPS) is 11.9. The molecule has 0 aliphatic rings. The minimum atomic E-state index is -3.97. The largest absolute Gasteiger partial charge is 0.350 e. The molecule has 3 rings (SSSR count). The lowest BCUT2D eigenvalue weighted by Crippen LogP contribution is -1.96. The Bertz CT molecular complexity index is 1020. The van der Waals surface area contributed by atoms with Crippen LogP contribution in [0.4, 0.5) is 0 Å². The fraction of sp³-hybridized carbons (Fsp3) is 0.200. The van der Waals surface area contributed by atoms with E-state index in [4.69, 9.17) is 26.8 Å². The quantitative estimate of drug-likeness (QED) is 0.637. The predicted molar refractivity (Wildman–Crippen MR) is 91.7 cm³/mol. The van der Waals surface area contributed by atoms with Crippen LogP contribution in [0.2, 0.25) is 5.02 Å². The van der Waals surface area contributed by atoms with Crippen LogP contribution in [-0.4, -0.2) is 23.1 Å². The molecule has 0 saturated heterocycles. The van der Waals surface area contributed by atoms with E-state index in [2.05, 4.69) is 10.1 Å². The van der Waals surface area contributed by atoms with Gasteiger partial charge in [0.2, 0.25) is 5.82 Å². The Balaban J connectivity index is 2.18. The van der Waals surface area contributed by atoms with Crippen LogP contribution in [0.5, 0.6) is 0 Å². The van der Waals surface area contributed by atoms with E-state index >= 15 is 0 Å². The van der Waals surface area contributed by atoms with E-state index in [1.165, 1.54) is 0 Å². The summed E-state index contributed by atoms with van der Waals surface area (Å²) in [5.41, 5.74) is 2.19. The topological polar surface area (TPSA) is 78.0 Å². The van der Waals surface area contributed by atoms with Crippen LogP contribution >= 0.6 is 22.3 Å². The lowest BCUT2D eigenvalue weighted by molar-refractivity contribution is 0.431. The zero-order valence-electron chi connectivity index (χ0n) is 13.0. The van der Waals surface area contributed by atoms with E-state index in [0.717, 1.165) is 0 Å². The molecule has 0 saturated carbocycles. The zero-order chi connectivity index (χ0) is 17.6. The molecule has 0 N–H and O–H groups in total. The van der Waals surface area contributed by atoms with E-state index in [1.807, 2.05) is 0 Å². The molecule has 0 atom stereocenters. The Hall–Kier alpha value is -1.83. The van der Waals surface area contributed by atoms with Gasteiger partial charge in [-0.15, -0.1) is 0 Å². The van der Waals surface area contributed by atoms with Crippen LogP contribution in [0.15, 0.2) is 33.7 Å². The Morgan fingerprint density at radius 3 is 2.33 bits per heavy atom. The summed E-state index contributed by atoms with van der Waals surface area (Å²) in [7, 11) is 3.38. The Kier molecular flexibility index (Phi) is 4.19. The highest BCUT2D eigenvalue weighted by Crippen LogP contribution is 2.36. The summed E-state index contributed by atoms with van der Waals surface area (Å²) in [6.07, 6.45) is 0. The lowest BCUT2D eigenvalue weighted by atomic mass is 10.2. The number of halogens is 2. The Labute approximate surface area is 148 Å². The SMILES string of the molecule is Cc1c(-c2nc(-c3ccc(Cl)cc3)no2)c(S(=O)(=O)Cl)c(C)n1C. The van der Waals surface area contributed by atoms with Gasteiger partial charge >= 0.3 is 0 Å². The highest BCUT2D eigenvalue weighted by Gasteiger charge is 2.29. The number of hydrogen-bond acceptors (Lipinski definition) is 5. The molecule has 0 aliphatic carbocycles. The van der Waals surface area contributed by atoms with Crippen molar-refractivity contribution in [3.8, 4) is 22.8 Å². The van der Waals surface area contributed by atoms with Crippen molar-refractivity contribution in [2.75, 3.05) is 0 Å². The minimum Gasteiger partial charge on any atom is -0.350 e. The van der Waals surface area contributed by atoms with Crippen LogP contribution in [0, 0.1) is 13.8 Å². The third kappa shape index (κ3) is 2.83. The van der Waals surface area contributed by atoms with Crippen LogP contribution < -0.4 is 0 Å². The fourth-order valence-corrected chi connectivity index (χ4v) is 4.17. The molecular weight excluding hydrogens is 373 g/mol. The minimum absolute atomic E-state index is 0.0181. The second-order valence-corrected chi connectivity index (χ2v) is 8.24. The van der Waals surface area contributed by atoms with Gasteiger partial charge in [-0.25, -0.2) is 8.42 Å². The Morgan fingerprint density at radius 1 is 1.12 bits per heavy atom. The molecule has 0 aliphatic heterocycles. The molecule has 0 fully saturated rings. The molecule has 0 unspecified atom stereocenters. The second kappa shape index (κ2) is 5.91. The average Bonchev–Trinajstić information content (AvgIpc) is 3.06. The Morgan fingerprint density at radius 2 is 1.75 bits per heavy atom. The standard InChI is InChI=1S/C15H13Cl2N3O3S/c1-8-12(13(24(17,21)22)9(2)20(8)3)15-18-14(19-23-15)10-4-6-11(16)7-5-10/h4-7H,1-3H3. The first-order valence-electron chi connectivity index (χ1n) is 6.90. The van der Waals surface area contributed by atoms with E-state index in [9.17, 15) is 8.42 Å². The van der Waals surface area contributed by atoms with Gasteiger partial charge in [0.15, 0.2) is 0 Å². The van der Waals surface area contributed by atoms with Crippen molar-refractivity contribution in [3.63, 3.8) is 0 Å². The molecule has 0 spiro atoms. The van der Waals surface area contributed by atoms with Gasteiger partial charge in [-0.1, -0.05) is 16.8 Å². The summed E-state index contributed by atoms with van der Waals surface area (Å²) in [5, 5.41) is 4.51. The molecule has 0 amide bonds. The molecule has 2 aromatic heterocycles. The summed E-state index contributed by atoms with van der Waals surface area (Å²) in [4.78, 5) is 4.29. The van der Waals surface area contributed by atoms with Crippen molar-refractivity contribution in [2.45, 2.75) is 18.7 Å². The molecular formula is C15H13Cl2N3O3S. The second-order valence-electron chi connectivity index (χ2n) is 5.30. The molecule has 9 heteroatoms. The van der Waals surface area contributed by atoms with E-state index in [1.54, 1.807) is 49.7 Å². The molecule has 6 nitrogen and oxygen atoms in total. The molecule has 3 aromatic rings. The first-order chi connectivity index (χ1) is 11.2. The highest BCUT2D eigenvalue weighted by atomic mass is 35.7. The van der Waals surface area contributed by atoms with Crippen molar-refractivity contribution < 1.29 is 12.9 Å². The first-order valence-corrected chi connectivity index (χ1v) is 9.59. The third-order valence-corrected chi connectivity index (χ3v) is 5.61. The van der Waals surface area contributed by atoms with Gasteiger partial charge in [-0.2, -0.15) is 4.98 Å². The van der Waals surface area contributed by atoms with Gasteiger partial charge in [-0.05, 0) is 38.1 Å². The van der Waals surface area contributed by atoms with E-state index < -0.39 is 9.05 Å². The summed E-state index contributed by atoms with van der Waals surface area (Å²) in [5.74, 6) is 0.431. The summed E-state index contributed by atoms with van der Waals surface area (Å²) in [6.45, 7) is 3.43. The van der Waals surface area contributed by atoms with Crippen molar-refractivity contribution in [1.82, 2.24) is 14.7 Å². The van der Waals surface area contributed by atoms with Crippen LogP contribution in [0.1, 0.15) is 11.4 Å². The molecule has 1 aromatic carbocycles. The summed E-state index contributed by atoms with van der Waals surface area (Å²) < 4.78 is 31.0. The van der Waals surface area contributed by atoms with Gasteiger partial charge in [0.1, 0.15) is 4.90 Å². The number of rotatable bonds is 3. The van der Waals surface area contributed by atoms with Crippen molar-refractivity contribution in [1.29, 1.82) is 0 Å². The van der Waals surface area contributed by atoms with Crippen molar-refractivity contribution in [3.05, 3.63) is 40.7 Å². The number of nitrogens with zero attached hydrogens (tertiary/aromatic N) is 3. The van der Waals surface area contributed by atoms with Gasteiger partial charge in [0, 0.05) is 39.7 Å². The highest BCUT2D eigenvalue weighted by molar-refractivity contribution is 8.13. The number of hydrogen-bond donors (Lipinski definition) is 0. The maximum Gasteiger partial charge on any atom is 0.263 e. The fourth-order valence-electron chi connectivity index (χ4n) is 2.51. The lowest BCUT2D eigenvalue weighted by Gasteiger charge is -1.98. The van der Waals surface area contributed by atoms with E-state index in [-0.39, 0.29) is 10.8 Å². The predicted octanol–water partition coefficient (Wildman–Crippen LogP) is 3.94. The molecule has 24 heavy (non-hydrogen) atoms. The molecule has 0 bridgehead atoms. The maximum absolute atomic E-state index is 12.0. The average molecular weight is 386 g/mol. The molecule has 0 radical (unpaired) electrons. The smallest absolute Gasteiger partial charge is 0.263 e. The first kappa shape index (κ1) is 17.0. The van der Waals surface area contributed by atoms with Crippen LogP contribution in [0.3, 0.4) is 0 Å². The van der Waals surface area contributed by atoms with Gasteiger partial charge < -0.3 is 9.09 Å². The van der Waals surface area contributed by atoms with Crippen molar-refractivity contribution in [2.24, 2.45) is 7.05 Å². The maximum atomic E-state index is 12.0. The molecule has 126 valence electrons. The molecule has 2 heterocycles. The summed E-state index contributed by atoms with van der Waals surface area (Å²) in [6, 6.07) is 6.91. The number of benzene rings is 1. The monoisotopic (exact) mass is 385 g/mol. The van der Waals surface area contributed by atoms with E-state index in [0.29, 0.717) is 33.4 Å². The van der Waals surface area contributed by atoms with Crippen LogP contribution in [-0.2, 0) is 16.1 Å². The number of aromatic nitrogens is 3. The summed E-state index contributed by atoms with van der Waals surface area (Å²) >= 11 is 5.86. The van der Waals surface area contributed by atoms with Gasteiger partial charge in [-0.3, -0.25) is 0 Å². The van der Waals surface area contributed by atoms with Crippen molar-refractivity contribution >= 4 is 31.3 Å². The van der Waals surface area contributed by atoms with Crippen LogP contribution in [0.25, 0.3) is 22.8 Å². The third-order valence-electron chi connectivity index (χ3n) is 3.91. The van der Waals surface area contributed by atoms with Gasteiger partial charge in [0.05, 0.1) is 5.56 Å². The zero-order valence-corrected chi connectivity index (χ0v) is 15.4.